The molecular formula is C17H29ClN4O. The maximum atomic E-state index is 6.22. The number of hydrogen-bond donors (Lipinski definition) is 1. The van der Waals surface area contributed by atoms with Crippen molar-refractivity contribution in [2.45, 2.75) is 63.3 Å². The molecule has 3 aliphatic rings. The van der Waals surface area contributed by atoms with Crippen molar-refractivity contribution >= 4 is 12.4 Å². The number of aromatic nitrogens is 2. The lowest BCUT2D eigenvalue weighted by Gasteiger charge is -2.28. The molecule has 6 heteroatoms. The van der Waals surface area contributed by atoms with Crippen LogP contribution in [0.3, 0.4) is 0 Å². The standard InChI is InChI=1S/C17H28N4O.ClH/c1-16(2,18)10-21-9-13-4-3-7-17(13,11-21)15-19-14(20-22-15)8-12-5-6-12;/h12-13H,3-11,18H2,1-2H3;1H/t13-,17-;/m1./s1. The molecule has 1 saturated heterocycles. The SMILES string of the molecule is CC(C)(N)CN1C[C@H]2CCC[C@@]2(c2nc(CC3CC3)no2)C1.Cl. The van der Waals surface area contributed by atoms with Crippen molar-refractivity contribution in [3.63, 3.8) is 0 Å². The van der Waals surface area contributed by atoms with Crippen molar-refractivity contribution in [3.05, 3.63) is 11.7 Å². The van der Waals surface area contributed by atoms with Gasteiger partial charge in [0.2, 0.25) is 5.89 Å². The number of nitrogens with zero attached hydrogens (tertiary/aromatic N) is 3. The molecule has 1 aliphatic heterocycles. The lowest BCUT2D eigenvalue weighted by molar-refractivity contribution is 0.227. The third-order valence-corrected chi connectivity index (χ3v) is 5.63. The van der Waals surface area contributed by atoms with Crippen LogP contribution in [-0.4, -0.2) is 40.2 Å². The highest BCUT2D eigenvalue weighted by atomic mass is 35.5. The van der Waals surface area contributed by atoms with Gasteiger partial charge >= 0.3 is 0 Å². The second-order valence-electron chi connectivity index (χ2n) is 8.57. The van der Waals surface area contributed by atoms with Gasteiger partial charge in [0.05, 0.1) is 5.41 Å². The molecule has 3 fully saturated rings. The topological polar surface area (TPSA) is 68.2 Å². The minimum absolute atomic E-state index is 0. The maximum Gasteiger partial charge on any atom is 0.234 e. The Labute approximate surface area is 144 Å². The van der Waals surface area contributed by atoms with E-state index in [1.54, 1.807) is 0 Å². The molecule has 1 aromatic rings. The fourth-order valence-electron chi connectivity index (χ4n) is 4.56. The predicted octanol–water partition coefficient (Wildman–Crippen LogP) is 2.53. The van der Waals surface area contributed by atoms with Crippen molar-refractivity contribution < 1.29 is 4.52 Å². The number of hydrogen-bond acceptors (Lipinski definition) is 5. The van der Waals surface area contributed by atoms with Gasteiger partial charge in [-0.15, -0.1) is 12.4 Å². The Morgan fingerprint density at radius 2 is 2.13 bits per heavy atom. The van der Waals surface area contributed by atoms with Crippen LogP contribution in [-0.2, 0) is 11.8 Å². The van der Waals surface area contributed by atoms with Gasteiger partial charge in [-0.3, -0.25) is 0 Å². The van der Waals surface area contributed by atoms with Gasteiger partial charge in [-0.1, -0.05) is 11.6 Å². The molecule has 130 valence electrons. The molecule has 2 aliphatic carbocycles. The van der Waals surface area contributed by atoms with E-state index in [2.05, 4.69) is 23.9 Å². The Morgan fingerprint density at radius 1 is 1.35 bits per heavy atom. The molecule has 4 rings (SSSR count). The fraction of sp³-hybridized carbons (Fsp3) is 0.882. The van der Waals surface area contributed by atoms with Gasteiger partial charge < -0.3 is 15.2 Å². The third-order valence-electron chi connectivity index (χ3n) is 5.63. The van der Waals surface area contributed by atoms with Crippen molar-refractivity contribution in [1.29, 1.82) is 0 Å². The summed E-state index contributed by atoms with van der Waals surface area (Å²) < 4.78 is 5.74. The van der Waals surface area contributed by atoms with Crippen LogP contribution in [0.15, 0.2) is 4.52 Å². The maximum absolute atomic E-state index is 6.22. The van der Waals surface area contributed by atoms with Gasteiger partial charge in [-0.25, -0.2) is 0 Å². The normalized spacial score (nSPS) is 31.2. The summed E-state index contributed by atoms with van der Waals surface area (Å²) in [5, 5.41) is 4.27. The minimum atomic E-state index is -0.147. The summed E-state index contributed by atoms with van der Waals surface area (Å²) in [4.78, 5) is 7.31. The average Bonchev–Trinajstić information content (AvgIpc) is 2.81. The van der Waals surface area contributed by atoms with Crippen LogP contribution in [0.5, 0.6) is 0 Å². The Morgan fingerprint density at radius 3 is 2.83 bits per heavy atom. The van der Waals surface area contributed by atoms with Gasteiger partial charge in [0.1, 0.15) is 0 Å². The van der Waals surface area contributed by atoms with Crippen LogP contribution in [0.1, 0.15) is 57.7 Å². The monoisotopic (exact) mass is 340 g/mol. The van der Waals surface area contributed by atoms with Crippen molar-refractivity contribution in [1.82, 2.24) is 15.0 Å². The largest absolute Gasteiger partial charge is 0.339 e. The van der Waals surface area contributed by atoms with Gasteiger partial charge in [0.15, 0.2) is 5.82 Å². The summed E-state index contributed by atoms with van der Waals surface area (Å²) in [5.74, 6) is 3.29. The Balaban J connectivity index is 0.00000156. The van der Waals surface area contributed by atoms with Crippen molar-refractivity contribution in [3.8, 4) is 0 Å². The smallest absolute Gasteiger partial charge is 0.234 e. The number of fused-ring (bicyclic) bond motifs is 1. The molecule has 0 radical (unpaired) electrons. The van der Waals surface area contributed by atoms with E-state index in [1.165, 1.54) is 32.1 Å². The summed E-state index contributed by atoms with van der Waals surface area (Å²) in [6.45, 7) is 7.31. The van der Waals surface area contributed by atoms with Crippen LogP contribution >= 0.6 is 12.4 Å². The van der Waals surface area contributed by atoms with E-state index >= 15 is 0 Å². The molecule has 2 saturated carbocycles. The van der Waals surface area contributed by atoms with E-state index in [0.29, 0.717) is 5.92 Å². The van der Waals surface area contributed by atoms with Gasteiger partial charge in [0, 0.05) is 31.6 Å². The first kappa shape index (κ1) is 17.2. The second kappa shape index (κ2) is 6.01. The van der Waals surface area contributed by atoms with Gasteiger partial charge in [0.25, 0.3) is 0 Å². The first-order valence-corrected chi connectivity index (χ1v) is 8.79. The zero-order valence-electron chi connectivity index (χ0n) is 14.3. The van der Waals surface area contributed by atoms with Crippen LogP contribution in [0.2, 0.25) is 0 Å². The summed E-state index contributed by atoms with van der Waals surface area (Å²) >= 11 is 0. The molecule has 0 aromatic carbocycles. The Hall–Kier alpha value is -0.650. The molecule has 2 N–H and O–H groups in total. The Kier molecular flexibility index (Phi) is 4.49. The first-order chi connectivity index (χ1) is 10.4. The van der Waals surface area contributed by atoms with Crippen LogP contribution < -0.4 is 5.73 Å². The third kappa shape index (κ3) is 3.42. The van der Waals surface area contributed by atoms with E-state index in [-0.39, 0.29) is 23.4 Å². The quantitative estimate of drug-likeness (QED) is 0.892. The van der Waals surface area contributed by atoms with Gasteiger partial charge in [-0.05, 0) is 51.4 Å². The predicted molar refractivity (Wildman–Crippen MR) is 91.7 cm³/mol. The van der Waals surface area contributed by atoms with Crippen molar-refractivity contribution in [2.24, 2.45) is 17.6 Å². The summed E-state index contributed by atoms with van der Waals surface area (Å²) in [7, 11) is 0. The molecule has 2 atom stereocenters. The van der Waals surface area contributed by atoms with E-state index in [9.17, 15) is 0 Å². The molecule has 23 heavy (non-hydrogen) atoms. The molecule has 0 spiro atoms. The van der Waals surface area contributed by atoms with E-state index in [4.69, 9.17) is 15.2 Å². The van der Waals surface area contributed by atoms with E-state index < -0.39 is 0 Å². The molecule has 0 bridgehead atoms. The van der Waals surface area contributed by atoms with Crippen LogP contribution in [0.4, 0.5) is 0 Å². The average molecular weight is 341 g/mol. The lowest BCUT2D eigenvalue weighted by atomic mass is 9.80. The minimum Gasteiger partial charge on any atom is -0.339 e. The van der Waals surface area contributed by atoms with Gasteiger partial charge in [-0.2, -0.15) is 4.98 Å². The first-order valence-electron chi connectivity index (χ1n) is 8.79. The highest BCUT2D eigenvalue weighted by Crippen LogP contribution is 2.50. The zero-order valence-corrected chi connectivity index (χ0v) is 15.1. The fourth-order valence-corrected chi connectivity index (χ4v) is 4.56. The summed E-state index contributed by atoms with van der Waals surface area (Å²) in [6, 6.07) is 0. The molecule has 1 aromatic heterocycles. The zero-order chi connectivity index (χ0) is 15.4. The Bertz CT molecular complexity index is 551. The number of halogens is 1. The van der Waals surface area contributed by atoms with Crippen LogP contribution in [0.25, 0.3) is 0 Å². The molecule has 5 nitrogen and oxygen atoms in total. The molecule has 0 amide bonds. The van der Waals surface area contributed by atoms with E-state index in [0.717, 1.165) is 43.7 Å². The lowest BCUT2D eigenvalue weighted by Crippen LogP contribution is -2.45. The van der Waals surface area contributed by atoms with Crippen LogP contribution in [0, 0.1) is 11.8 Å². The summed E-state index contributed by atoms with van der Waals surface area (Å²) in [5.41, 5.74) is 6.17. The number of rotatable bonds is 5. The number of likely N-dealkylation sites (tertiary alicyclic amines) is 1. The van der Waals surface area contributed by atoms with E-state index in [1.807, 2.05) is 0 Å². The van der Waals surface area contributed by atoms with Crippen molar-refractivity contribution in [2.75, 3.05) is 19.6 Å². The number of nitrogens with two attached hydrogens (primary N) is 1. The molecular weight excluding hydrogens is 312 g/mol. The summed E-state index contributed by atoms with van der Waals surface area (Å²) in [6.07, 6.45) is 7.41. The molecule has 0 unspecified atom stereocenters. The molecule has 2 heterocycles. The highest BCUT2D eigenvalue weighted by molar-refractivity contribution is 5.85. The highest BCUT2D eigenvalue weighted by Gasteiger charge is 2.54. The second-order valence-corrected chi connectivity index (χ2v) is 8.57.